The van der Waals surface area contributed by atoms with Crippen molar-refractivity contribution in [2.75, 3.05) is 11.9 Å². The van der Waals surface area contributed by atoms with E-state index >= 15 is 0 Å². The molecule has 2 heterocycles. The van der Waals surface area contributed by atoms with Crippen LogP contribution in [-0.2, 0) is 4.79 Å². The molecule has 0 saturated carbocycles. The maximum absolute atomic E-state index is 14.0. The van der Waals surface area contributed by atoms with E-state index in [0.717, 1.165) is 5.56 Å². The van der Waals surface area contributed by atoms with Gasteiger partial charge in [-0.1, -0.05) is 47.2 Å². The van der Waals surface area contributed by atoms with E-state index in [1.807, 2.05) is 12.1 Å². The van der Waals surface area contributed by atoms with Gasteiger partial charge in [0.1, 0.15) is 16.9 Å². The van der Waals surface area contributed by atoms with E-state index in [2.05, 4.69) is 15.5 Å². The molecule has 1 aliphatic rings. The van der Waals surface area contributed by atoms with Gasteiger partial charge in [-0.25, -0.2) is 4.39 Å². The molecule has 6 nitrogen and oxygen atoms in total. The molecule has 1 aliphatic heterocycles. The van der Waals surface area contributed by atoms with Crippen LogP contribution < -0.4 is 5.32 Å². The van der Waals surface area contributed by atoms with Crippen molar-refractivity contribution in [2.24, 2.45) is 0 Å². The zero-order chi connectivity index (χ0) is 20.4. The highest BCUT2D eigenvalue weighted by atomic mass is 35.5. The number of nitrogens with one attached hydrogen (secondary N) is 1. The average molecular weight is 431 g/mol. The molecule has 9 heteroatoms. The SMILES string of the molecule is O=C(Nc1nnc(-c2ccc(Cl)cc2)s1)C1CCCN1C(=O)c1ccccc1F. The Morgan fingerprint density at radius 2 is 1.90 bits per heavy atom. The Morgan fingerprint density at radius 3 is 2.66 bits per heavy atom. The fourth-order valence-corrected chi connectivity index (χ4v) is 4.12. The van der Waals surface area contributed by atoms with Crippen molar-refractivity contribution < 1.29 is 14.0 Å². The summed E-state index contributed by atoms with van der Waals surface area (Å²) in [7, 11) is 0. The normalized spacial score (nSPS) is 16.1. The van der Waals surface area contributed by atoms with E-state index in [0.29, 0.717) is 34.5 Å². The Labute approximate surface area is 175 Å². The lowest BCUT2D eigenvalue weighted by Gasteiger charge is -2.23. The monoisotopic (exact) mass is 430 g/mol. The fraction of sp³-hybridized carbons (Fsp3) is 0.200. The van der Waals surface area contributed by atoms with Crippen molar-refractivity contribution in [3.8, 4) is 10.6 Å². The Balaban J connectivity index is 1.47. The molecular weight excluding hydrogens is 415 g/mol. The summed E-state index contributed by atoms with van der Waals surface area (Å²) in [6.07, 6.45) is 1.18. The van der Waals surface area contributed by atoms with Crippen LogP contribution in [0.3, 0.4) is 0 Å². The minimum Gasteiger partial charge on any atom is -0.327 e. The minimum atomic E-state index is -0.676. The smallest absolute Gasteiger partial charge is 0.257 e. The van der Waals surface area contributed by atoms with Crippen LogP contribution in [0, 0.1) is 5.82 Å². The highest BCUT2D eigenvalue weighted by Gasteiger charge is 2.35. The largest absolute Gasteiger partial charge is 0.327 e. The molecule has 0 bridgehead atoms. The van der Waals surface area contributed by atoms with Crippen molar-refractivity contribution in [2.45, 2.75) is 18.9 Å². The molecule has 2 amide bonds. The van der Waals surface area contributed by atoms with Crippen LogP contribution in [0.15, 0.2) is 48.5 Å². The molecule has 1 unspecified atom stereocenters. The minimum absolute atomic E-state index is 0.0341. The van der Waals surface area contributed by atoms with Gasteiger partial charge in [-0.2, -0.15) is 0 Å². The van der Waals surface area contributed by atoms with Crippen molar-refractivity contribution in [1.29, 1.82) is 0 Å². The van der Waals surface area contributed by atoms with E-state index in [4.69, 9.17) is 11.6 Å². The molecular formula is C20H16ClFN4O2S. The number of hydrogen-bond acceptors (Lipinski definition) is 5. The number of amides is 2. The third-order valence-corrected chi connectivity index (χ3v) is 5.81. The lowest BCUT2D eigenvalue weighted by molar-refractivity contribution is -0.119. The third kappa shape index (κ3) is 4.13. The third-order valence-electron chi connectivity index (χ3n) is 4.67. The molecule has 2 aromatic carbocycles. The number of halogens is 2. The zero-order valence-electron chi connectivity index (χ0n) is 15.1. The highest BCUT2D eigenvalue weighted by Crippen LogP contribution is 2.28. The highest BCUT2D eigenvalue weighted by molar-refractivity contribution is 7.18. The lowest BCUT2D eigenvalue weighted by Crippen LogP contribution is -2.43. The maximum Gasteiger partial charge on any atom is 0.257 e. The number of aromatic nitrogens is 2. The molecule has 1 fully saturated rings. The summed E-state index contributed by atoms with van der Waals surface area (Å²) < 4.78 is 14.0. The first-order valence-corrected chi connectivity index (χ1v) is 10.2. The summed E-state index contributed by atoms with van der Waals surface area (Å²) in [4.78, 5) is 26.9. The average Bonchev–Trinajstić information content (AvgIpc) is 3.38. The first-order valence-electron chi connectivity index (χ1n) is 8.99. The number of carbonyl (C=O) groups is 2. The molecule has 0 radical (unpaired) electrons. The molecule has 1 aromatic heterocycles. The van der Waals surface area contributed by atoms with Gasteiger partial charge in [0, 0.05) is 17.1 Å². The molecule has 1 atom stereocenters. The van der Waals surface area contributed by atoms with Gasteiger partial charge in [0.05, 0.1) is 5.56 Å². The predicted molar refractivity (Wildman–Crippen MR) is 109 cm³/mol. The molecule has 3 aromatic rings. The first kappa shape index (κ1) is 19.5. The Hall–Kier alpha value is -2.84. The van der Waals surface area contributed by atoms with Gasteiger partial charge in [-0.05, 0) is 37.1 Å². The summed E-state index contributed by atoms with van der Waals surface area (Å²) >= 11 is 7.12. The fourth-order valence-electron chi connectivity index (χ4n) is 3.24. The molecule has 1 N–H and O–H groups in total. The van der Waals surface area contributed by atoms with E-state index in [1.165, 1.54) is 34.4 Å². The van der Waals surface area contributed by atoms with Crippen LogP contribution in [0.4, 0.5) is 9.52 Å². The Morgan fingerprint density at radius 1 is 1.14 bits per heavy atom. The Kier molecular flexibility index (Phi) is 5.55. The van der Waals surface area contributed by atoms with E-state index < -0.39 is 17.8 Å². The van der Waals surface area contributed by atoms with Crippen LogP contribution in [0.25, 0.3) is 10.6 Å². The van der Waals surface area contributed by atoms with Crippen LogP contribution in [-0.4, -0.2) is 39.5 Å². The van der Waals surface area contributed by atoms with Gasteiger partial charge < -0.3 is 4.90 Å². The number of rotatable bonds is 4. The lowest BCUT2D eigenvalue weighted by atomic mass is 10.1. The number of likely N-dealkylation sites (tertiary alicyclic amines) is 1. The van der Waals surface area contributed by atoms with Crippen LogP contribution in [0.1, 0.15) is 23.2 Å². The first-order chi connectivity index (χ1) is 14.0. The molecule has 148 valence electrons. The summed E-state index contributed by atoms with van der Waals surface area (Å²) in [5.41, 5.74) is 0.803. The van der Waals surface area contributed by atoms with Crippen molar-refractivity contribution in [1.82, 2.24) is 15.1 Å². The van der Waals surface area contributed by atoms with Crippen molar-refractivity contribution in [3.05, 3.63) is 64.9 Å². The van der Waals surface area contributed by atoms with Gasteiger partial charge in [-0.3, -0.25) is 14.9 Å². The second kappa shape index (κ2) is 8.26. The quantitative estimate of drug-likeness (QED) is 0.671. The number of nitrogens with zero attached hydrogens (tertiary/aromatic N) is 3. The standard InChI is InChI=1S/C20H16ClFN4O2S/c21-13-9-7-12(8-10-13)18-24-25-20(29-18)23-17(27)16-6-3-11-26(16)19(28)14-4-1-2-5-15(14)22/h1-2,4-5,7-10,16H,3,6,11H2,(H,23,25,27). The van der Waals surface area contributed by atoms with Gasteiger partial charge in [0.15, 0.2) is 0 Å². The number of carbonyl (C=O) groups excluding carboxylic acids is 2. The van der Waals surface area contributed by atoms with Gasteiger partial charge in [0.25, 0.3) is 5.91 Å². The van der Waals surface area contributed by atoms with Gasteiger partial charge >= 0.3 is 0 Å². The topological polar surface area (TPSA) is 75.2 Å². The molecule has 1 saturated heterocycles. The zero-order valence-corrected chi connectivity index (χ0v) is 16.7. The maximum atomic E-state index is 14.0. The molecule has 4 rings (SSSR count). The second-order valence-corrected chi connectivity index (χ2v) is 7.96. The summed E-state index contributed by atoms with van der Waals surface area (Å²) in [5.74, 6) is -1.44. The van der Waals surface area contributed by atoms with Crippen molar-refractivity contribution in [3.63, 3.8) is 0 Å². The van der Waals surface area contributed by atoms with Crippen LogP contribution >= 0.6 is 22.9 Å². The number of hydrogen-bond donors (Lipinski definition) is 1. The summed E-state index contributed by atoms with van der Waals surface area (Å²) in [5, 5.41) is 12.4. The second-order valence-electron chi connectivity index (χ2n) is 6.54. The molecule has 0 aliphatic carbocycles. The molecule has 0 spiro atoms. The van der Waals surface area contributed by atoms with E-state index in [9.17, 15) is 14.0 Å². The predicted octanol–water partition coefficient (Wildman–Crippen LogP) is 4.24. The molecule has 29 heavy (non-hydrogen) atoms. The van der Waals surface area contributed by atoms with Crippen LogP contribution in [0.5, 0.6) is 0 Å². The van der Waals surface area contributed by atoms with E-state index in [-0.39, 0.29) is 11.5 Å². The summed E-state index contributed by atoms with van der Waals surface area (Å²) in [6.45, 7) is 0.400. The van der Waals surface area contributed by atoms with Gasteiger partial charge in [-0.15, -0.1) is 10.2 Å². The number of anilines is 1. The van der Waals surface area contributed by atoms with Gasteiger partial charge in [0.2, 0.25) is 11.0 Å². The van der Waals surface area contributed by atoms with E-state index in [1.54, 1.807) is 18.2 Å². The Bertz CT molecular complexity index is 1060. The summed E-state index contributed by atoms with van der Waals surface area (Å²) in [6, 6.07) is 12.2. The van der Waals surface area contributed by atoms with Crippen LogP contribution in [0.2, 0.25) is 5.02 Å². The van der Waals surface area contributed by atoms with Crippen molar-refractivity contribution >= 4 is 39.9 Å². The number of benzene rings is 2.